The summed E-state index contributed by atoms with van der Waals surface area (Å²) in [4.78, 5) is 8.17. The van der Waals surface area contributed by atoms with Crippen molar-refractivity contribution in [3.05, 3.63) is 30.3 Å². The topological polar surface area (TPSA) is 48.9 Å². The van der Waals surface area contributed by atoms with Gasteiger partial charge in [0.1, 0.15) is 0 Å². The van der Waals surface area contributed by atoms with Gasteiger partial charge in [0.25, 0.3) is 0 Å². The lowest BCUT2D eigenvalue weighted by atomic mass is 10.2. The van der Waals surface area contributed by atoms with Crippen LogP contribution in [0.2, 0.25) is 0 Å². The maximum atomic E-state index is 5.21. The van der Waals surface area contributed by atoms with Crippen LogP contribution in [0, 0.1) is 0 Å². The SMILES string of the molecule is CN=C(NCC(C)Sc1ccccc1)NCC1CCCN1CCOC.I. The molecule has 5 nitrogen and oxygen atoms in total. The molecule has 0 saturated carbocycles. The number of halogens is 1. The predicted molar refractivity (Wildman–Crippen MR) is 123 cm³/mol. The highest BCUT2D eigenvalue weighted by Gasteiger charge is 2.23. The maximum Gasteiger partial charge on any atom is 0.191 e. The summed E-state index contributed by atoms with van der Waals surface area (Å²) >= 11 is 1.88. The zero-order valence-corrected chi connectivity index (χ0v) is 19.3. The zero-order valence-electron chi connectivity index (χ0n) is 16.1. The van der Waals surface area contributed by atoms with Gasteiger partial charge in [-0.1, -0.05) is 25.1 Å². The second kappa shape index (κ2) is 13.6. The fourth-order valence-electron chi connectivity index (χ4n) is 3.08. The number of nitrogens with zero attached hydrogens (tertiary/aromatic N) is 2. The number of hydrogen-bond acceptors (Lipinski definition) is 4. The van der Waals surface area contributed by atoms with Crippen molar-refractivity contribution in [3.8, 4) is 0 Å². The molecular formula is C19H33IN4OS. The van der Waals surface area contributed by atoms with E-state index in [2.05, 4.69) is 57.8 Å². The van der Waals surface area contributed by atoms with E-state index in [1.165, 1.54) is 24.3 Å². The van der Waals surface area contributed by atoms with Crippen molar-refractivity contribution in [2.45, 2.75) is 36.0 Å². The van der Waals surface area contributed by atoms with Gasteiger partial charge in [0.2, 0.25) is 0 Å². The summed E-state index contributed by atoms with van der Waals surface area (Å²) < 4.78 is 5.21. The number of nitrogens with one attached hydrogen (secondary N) is 2. The predicted octanol–water partition coefficient (Wildman–Crippen LogP) is 3.06. The molecule has 2 N–H and O–H groups in total. The number of guanidine groups is 1. The van der Waals surface area contributed by atoms with E-state index in [1.807, 2.05) is 18.8 Å². The lowest BCUT2D eigenvalue weighted by Crippen LogP contribution is -2.46. The number of benzene rings is 1. The van der Waals surface area contributed by atoms with Gasteiger partial charge >= 0.3 is 0 Å². The highest BCUT2D eigenvalue weighted by Crippen LogP contribution is 2.21. The van der Waals surface area contributed by atoms with Crippen LogP contribution in [0.3, 0.4) is 0 Å². The molecule has 1 saturated heterocycles. The first-order chi connectivity index (χ1) is 12.2. The molecule has 2 unspecified atom stereocenters. The van der Waals surface area contributed by atoms with E-state index in [0.717, 1.165) is 32.2 Å². The molecular weight excluding hydrogens is 459 g/mol. The van der Waals surface area contributed by atoms with E-state index in [4.69, 9.17) is 4.74 Å². The maximum absolute atomic E-state index is 5.21. The van der Waals surface area contributed by atoms with Crippen molar-refractivity contribution in [2.75, 3.05) is 46.9 Å². The van der Waals surface area contributed by atoms with Gasteiger partial charge in [0.05, 0.1) is 6.61 Å². The molecule has 1 aliphatic rings. The summed E-state index contributed by atoms with van der Waals surface area (Å²) in [5.74, 6) is 0.888. The van der Waals surface area contributed by atoms with Gasteiger partial charge in [-0.25, -0.2) is 0 Å². The van der Waals surface area contributed by atoms with Crippen molar-refractivity contribution in [3.63, 3.8) is 0 Å². The normalized spacial score (nSPS) is 19.0. The van der Waals surface area contributed by atoms with Gasteiger partial charge in [-0.15, -0.1) is 35.7 Å². The van der Waals surface area contributed by atoms with Crippen LogP contribution >= 0.6 is 35.7 Å². The molecule has 2 rings (SSSR count). The highest BCUT2D eigenvalue weighted by atomic mass is 127. The smallest absolute Gasteiger partial charge is 0.191 e. The van der Waals surface area contributed by atoms with Crippen LogP contribution in [0.1, 0.15) is 19.8 Å². The molecule has 0 amide bonds. The Morgan fingerprint density at radius 3 is 2.81 bits per heavy atom. The van der Waals surface area contributed by atoms with Crippen molar-refractivity contribution in [1.82, 2.24) is 15.5 Å². The van der Waals surface area contributed by atoms with Crippen molar-refractivity contribution < 1.29 is 4.74 Å². The van der Waals surface area contributed by atoms with Crippen molar-refractivity contribution in [2.24, 2.45) is 4.99 Å². The number of ether oxygens (including phenoxy) is 1. The minimum absolute atomic E-state index is 0. The summed E-state index contributed by atoms with van der Waals surface area (Å²) in [7, 11) is 3.60. The fourth-order valence-corrected chi connectivity index (χ4v) is 4.02. The molecule has 0 aliphatic carbocycles. The van der Waals surface area contributed by atoms with Crippen molar-refractivity contribution in [1.29, 1.82) is 0 Å². The van der Waals surface area contributed by atoms with Gasteiger partial charge < -0.3 is 15.4 Å². The van der Waals surface area contributed by atoms with Crippen LogP contribution in [0.5, 0.6) is 0 Å². The monoisotopic (exact) mass is 492 g/mol. The number of hydrogen-bond donors (Lipinski definition) is 2. The lowest BCUT2D eigenvalue weighted by molar-refractivity contribution is 0.141. The number of rotatable bonds is 9. The lowest BCUT2D eigenvalue weighted by Gasteiger charge is -2.25. The molecule has 1 aromatic rings. The zero-order chi connectivity index (χ0) is 17.9. The third-order valence-corrected chi connectivity index (χ3v) is 5.56. The summed E-state index contributed by atoms with van der Waals surface area (Å²) in [6, 6.07) is 11.1. The van der Waals surface area contributed by atoms with Crippen molar-refractivity contribution >= 4 is 41.7 Å². The quantitative estimate of drug-likeness (QED) is 0.240. The standard InChI is InChI=1S/C19H32N4OS.HI/c1-16(25-18-9-5-4-6-10-18)14-21-19(20-2)22-15-17-8-7-11-23(17)12-13-24-3;/h4-6,9-10,16-17H,7-8,11-15H2,1-3H3,(H2,20,21,22);1H. The second-order valence-corrected chi connectivity index (χ2v) is 7.91. The van der Waals surface area contributed by atoms with E-state index in [0.29, 0.717) is 11.3 Å². The van der Waals surface area contributed by atoms with E-state index in [1.54, 1.807) is 7.11 Å². The third kappa shape index (κ3) is 8.45. The molecule has 1 fully saturated rings. The molecule has 1 aliphatic heterocycles. The molecule has 1 heterocycles. The van der Waals surface area contributed by atoms with Crippen LogP contribution in [-0.4, -0.2) is 69.1 Å². The van der Waals surface area contributed by atoms with Crippen LogP contribution in [-0.2, 0) is 4.74 Å². The highest BCUT2D eigenvalue weighted by molar-refractivity contribution is 14.0. The Labute approximate surface area is 179 Å². The molecule has 26 heavy (non-hydrogen) atoms. The third-order valence-electron chi connectivity index (χ3n) is 4.45. The Kier molecular flexibility index (Phi) is 12.3. The van der Waals surface area contributed by atoms with Crippen LogP contribution < -0.4 is 10.6 Å². The number of aliphatic imine (C=N–C) groups is 1. The van der Waals surface area contributed by atoms with E-state index in [-0.39, 0.29) is 24.0 Å². The number of methoxy groups -OCH3 is 1. The molecule has 0 radical (unpaired) electrons. The minimum atomic E-state index is 0. The van der Waals surface area contributed by atoms with Gasteiger partial charge in [0, 0.05) is 50.0 Å². The van der Waals surface area contributed by atoms with Crippen LogP contribution in [0.25, 0.3) is 0 Å². The average Bonchev–Trinajstić information content (AvgIpc) is 3.08. The Morgan fingerprint density at radius 2 is 2.12 bits per heavy atom. The van der Waals surface area contributed by atoms with E-state index in [9.17, 15) is 0 Å². The number of likely N-dealkylation sites (tertiary alicyclic amines) is 1. The first-order valence-corrected chi connectivity index (χ1v) is 10.00. The molecule has 0 spiro atoms. The Hall–Kier alpha value is -0.510. The average molecular weight is 492 g/mol. The molecule has 0 aromatic heterocycles. The van der Waals surface area contributed by atoms with Gasteiger partial charge in [-0.3, -0.25) is 9.89 Å². The number of thioether (sulfide) groups is 1. The Balaban J connectivity index is 0.00000338. The van der Waals surface area contributed by atoms with Gasteiger partial charge in [-0.2, -0.15) is 0 Å². The van der Waals surface area contributed by atoms with Crippen LogP contribution in [0.15, 0.2) is 40.2 Å². The van der Waals surface area contributed by atoms with E-state index >= 15 is 0 Å². The first kappa shape index (κ1) is 23.5. The largest absolute Gasteiger partial charge is 0.383 e. The minimum Gasteiger partial charge on any atom is -0.383 e. The summed E-state index contributed by atoms with van der Waals surface area (Å²) in [6.45, 7) is 7.05. The fraction of sp³-hybridized carbons (Fsp3) is 0.632. The van der Waals surface area contributed by atoms with Crippen LogP contribution in [0.4, 0.5) is 0 Å². The molecule has 2 atom stereocenters. The summed E-state index contributed by atoms with van der Waals surface area (Å²) in [6.07, 6.45) is 2.51. The molecule has 1 aromatic carbocycles. The molecule has 7 heteroatoms. The van der Waals surface area contributed by atoms with Gasteiger partial charge in [-0.05, 0) is 31.5 Å². The molecule has 148 valence electrons. The summed E-state index contributed by atoms with van der Waals surface area (Å²) in [5, 5.41) is 7.41. The summed E-state index contributed by atoms with van der Waals surface area (Å²) in [5.41, 5.74) is 0. The van der Waals surface area contributed by atoms with E-state index < -0.39 is 0 Å². The Bertz CT molecular complexity index is 518. The molecule has 0 bridgehead atoms. The van der Waals surface area contributed by atoms with Gasteiger partial charge in [0.15, 0.2) is 5.96 Å². The Morgan fingerprint density at radius 1 is 1.35 bits per heavy atom. The second-order valence-electron chi connectivity index (χ2n) is 6.40. The first-order valence-electron chi connectivity index (χ1n) is 9.12.